The van der Waals surface area contributed by atoms with Crippen molar-refractivity contribution in [3.8, 4) is 5.75 Å². The van der Waals surface area contributed by atoms with Crippen molar-refractivity contribution in [1.29, 1.82) is 0 Å². The van der Waals surface area contributed by atoms with Crippen LogP contribution in [0, 0.1) is 5.82 Å². The Morgan fingerprint density at radius 1 is 1.07 bits per heavy atom. The third-order valence-corrected chi connectivity index (χ3v) is 3.48. The predicted molar refractivity (Wildman–Crippen MR) is 89.5 cm³/mol. The van der Waals surface area contributed by atoms with Gasteiger partial charge in [0.25, 0.3) is 0 Å². The van der Waals surface area contributed by atoms with Crippen molar-refractivity contribution in [2.75, 3.05) is 18.9 Å². The van der Waals surface area contributed by atoms with Crippen LogP contribution in [-0.2, 0) is 16.0 Å². The number of carbonyl (C=O) groups excluding carboxylic acids is 2. The number of alkyl halides is 3. The first-order valence-electron chi connectivity index (χ1n) is 7.77. The number of likely N-dealkylation sites (N-methyl/N-ethyl adjacent to an activating group) is 1. The largest absolute Gasteiger partial charge is 0.573 e. The molecule has 0 atom stereocenters. The molecular formula is C18H16F4N2O3. The van der Waals surface area contributed by atoms with Gasteiger partial charge in [0.1, 0.15) is 11.6 Å². The topological polar surface area (TPSA) is 58.6 Å². The summed E-state index contributed by atoms with van der Waals surface area (Å²) in [5.74, 6) is -1.93. The summed E-state index contributed by atoms with van der Waals surface area (Å²) in [6.07, 6.45) is -4.99. The van der Waals surface area contributed by atoms with E-state index in [-0.39, 0.29) is 24.2 Å². The van der Waals surface area contributed by atoms with E-state index in [4.69, 9.17) is 0 Å². The number of amides is 2. The molecule has 0 aliphatic rings. The standard InChI is InChI=1S/C18H16F4N2O3/c1-24(17(26)10-12-4-2-3-5-15(12)19)11-16(25)23-13-6-8-14(9-7-13)27-18(20,21)22/h2-9H,10-11H2,1H3,(H,23,25). The SMILES string of the molecule is CN(CC(=O)Nc1ccc(OC(F)(F)F)cc1)C(=O)Cc1ccccc1F. The van der Waals surface area contributed by atoms with E-state index in [2.05, 4.69) is 10.1 Å². The molecule has 0 radical (unpaired) electrons. The van der Waals surface area contributed by atoms with Crippen LogP contribution < -0.4 is 10.1 Å². The average Bonchev–Trinajstić information content (AvgIpc) is 2.57. The third kappa shape index (κ3) is 6.61. The van der Waals surface area contributed by atoms with Crippen LogP contribution in [-0.4, -0.2) is 36.7 Å². The zero-order valence-electron chi connectivity index (χ0n) is 14.2. The maximum absolute atomic E-state index is 13.6. The van der Waals surface area contributed by atoms with Gasteiger partial charge >= 0.3 is 6.36 Å². The second-order valence-electron chi connectivity index (χ2n) is 5.64. The van der Waals surface area contributed by atoms with Crippen LogP contribution in [0.25, 0.3) is 0 Å². The molecule has 0 bridgehead atoms. The number of benzene rings is 2. The number of ether oxygens (including phenoxy) is 1. The monoisotopic (exact) mass is 384 g/mol. The first-order chi connectivity index (χ1) is 12.6. The summed E-state index contributed by atoms with van der Waals surface area (Å²) in [6, 6.07) is 10.4. The number of rotatable bonds is 6. The smallest absolute Gasteiger partial charge is 0.406 e. The maximum Gasteiger partial charge on any atom is 0.573 e. The van der Waals surface area contributed by atoms with Crippen LogP contribution in [0.5, 0.6) is 5.75 Å². The number of halogens is 4. The Balaban J connectivity index is 1.87. The molecule has 0 aliphatic carbocycles. The van der Waals surface area contributed by atoms with Crippen LogP contribution in [0.4, 0.5) is 23.2 Å². The van der Waals surface area contributed by atoms with E-state index >= 15 is 0 Å². The molecule has 27 heavy (non-hydrogen) atoms. The third-order valence-electron chi connectivity index (χ3n) is 3.48. The molecule has 2 aromatic carbocycles. The van der Waals surface area contributed by atoms with Crippen molar-refractivity contribution < 1.29 is 31.9 Å². The zero-order chi connectivity index (χ0) is 20.0. The summed E-state index contributed by atoms with van der Waals surface area (Å²) >= 11 is 0. The Labute approximate surface area is 152 Å². The maximum atomic E-state index is 13.6. The minimum Gasteiger partial charge on any atom is -0.406 e. The number of nitrogens with one attached hydrogen (secondary N) is 1. The van der Waals surface area contributed by atoms with Crippen molar-refractivity contribution in [1.82, 2.24) is 4.90 Å². The van der Waals surface area contributed by atoms with Gasteiger partial charge in [0.05, 0.1) is 13.0 Å². The highest BCUT2D eigenvalue weighted by molar-refractivity contribution is 5.94. The van der Waals surface area contributed by atoms with Crippen molar-refractivity contribution >= 4 is 17.5 Å². The first-order valence-corrected chi connectivity index (χ1v) is 7.77. The summed E-state index contributed by atoms with van der Waals surface area (Å²) in [6.45, 7) is -0.298. The minimum absolute atomic E-state index is 0.195. The molecule has 0 unspecified atom stereocenters. The molecule has 0 fully saturated rings. The van der Waals surface area contributed by atoms with E-state index in [0.29, 0.717) is 0 Å². The van der Waals surface area contributed by atoms with E-state index in [1.165, 1.54) is 37.4 Å². The normalized spacial score (nSPS) is 11.0. The fourth-order valence-electron chi connectivity index (χ4n) is 2.18. The lowest BCUT2D eigenvalue weighted by molar-refractivity contribution is -0.274. The summed E-state index contributed by atoms with van der Waals surface area (Å²) < 4.78 is 53.6. The summed E-state index contributed by atoms with van der Waals surface area (Å²) in [4.78, 5) is 25.2. The molecular weight excluding hydrogens is 368 g/mol. The minimum atomic E-state index is -4.80. The zero-order valence-corrected chi connectivity index (χ0v) is 14.2. The van der Waals surface area contributed by atoms with E-state index in [1.54, 1.807) is 6.07 Å². The molecule has 2 aromatic rings. The number of hydrogen-bond donors (Lipinski definition) is 1. The molecule has 0 heterocycles. The predicted octanol–water partition coefficient (Wildman–Crippen LogP) is 3.36. The Kier molecular flexibility index (Phi) is 6.38. The van der Waals surface area contributed by atoms with Gasteiger partial charge in [-0.2, -0.15) is 0 Å². The summed E-state index contributed by atoms with van der Waals surface area (Å²) in [5, 5.41) is 2.45. The fourth-order valence-corrected chi connectivity index (χ4v) is 2.18. The molecule has 0 saturated carbocycles. The van der Waals surface area contributed by atoms with Crippen molar-refractivity contribution in [3.05, 3.63) is 59.9 Å². The molecule has 0 spiro atoms. The number of carbonyl (C=O) groups is 2. The second-order valence-corrected chi connectivity index (χ2v) is 5.64. The highest BCUT2D eigenvalue weighted by Crippen LogP contribution is 2.23. The lowest BCUT2D eigenvalue weighted by atomic mass is 10.1. The van der Waals surface area contributed by atoms with Gasteiger partial charge < -0.3 is 15.0 Å². The van der Waals surface area contributed by atoms with Crippen LogP contribution in [0.1, 0.15) is 5.56 Å². The van der Waals surface area contributed by atoms with Gasteiger partial charge in [0, 0.05) is 12.7 Å². The van der Waals surface area contributed by atoms with Gasteiger partial charge in [-0.1, -0.05) is 18.2 Å². The lowest BCUT2D eigenvalue weighted by Gasteiger charge is -2.17. The van der Waals surface area contributed by atoms with Gasteiger partial charge in [0.2, 0.25) is 11.8 Å². The van der Waals surface area contributed by atoms with Crippen LogP contribution in [0.15, 0.2) is 48.5 Å². The van der Waals surface area contributed by atoms with E-state index in [1.807, 2.05) is 0 Å². The molecule has 0 aromatic heterocycles. The Morgan fingerprint density at radius 3 is 2.30 bits per heavy atom. The van der Waals surface area contributed by atoms with Crippen molar-refractivity contribution in [2.45, 2.75) is 12.8 Å². The Morgan fingerprint density at radius 2 is 1.70 bits per heavy atom. The highest BCUT2D eigenvalue weighted by Gasteiger charge is 2.31. The van der Waals surface area contributed by atoms with Gasteiger partial charge in [-0.3, -0.25) is 9.59 Å². The summed E-state index contributed by atoms with van der Waals surface area (Å²) in [5.41, 5.74) is 0.458. The van der Waals surface area contributed by atoms with Gasteiger partial charge in [-0.25, -0.2) is 4.39 Å². The molecule has 2 rings (SSSR count). The van der Waals surface area contributed by atoms with Gasteiger partial charge in [-0.15, -0.1) is 13.2 Å². The summed E-state index contributed by atoms with van der Waals surface area (Å²) in [7, 11) is 1.39. The number of nitrogens with zero attached hydrogens (tertiary/aromatic N) is 1. The Hall–Kier alpha value is -3.10. The van der Waals surface area contributed by atoms with Crippen LogP contribution >= 0.6 is 0 Å². The Bertz CT molecular complexity index is 807. The highest BCUT2D eigenvalue weighted by atomic mass is 19.4. The lowest BCUT2D eigenvalue weighted by Crippen LogP contribution is -2.35. The van der Waals surface area contributed by atoms with Crippen LogP contribution in [0.3, 0.4) is 0 Å². The molecule has 1 N–H and O–H groups in total. The molecule has 144 valence electrons. The van der Waals surface area contributed by atoms with Crippen molar-refractivity contribution in [2.24, 2.45) is 0 Å². The molecule has 5 nitrogen and oxygen atoms in total. The molecule has 0 saturated heterocycles. The van der Waals surface area contributed by atoms with E-state index in [9.17, 15) is 27.2 Å². The first kappa shape index (κ1) is 20.2. The number of anilines is 1. The second kappa shape index (κ2) is 8.52. The quantitative estimate of drug-likeness (QED) is 0.777. The molecule has 9 heteroatoms. The van der Waals surface area contributed by atoms with Crippen molar-refractivity contribution in [3.63, 3.8) is 0 Å². The van der Waals surface area contributed by atoms with Gasteiger partial charge in [-0.05, 0) is 35.9 Å². The molecule has 2 amide bonds. The van der Waals surface area contributed by atoms with Gasteiger partial charge in [0.15, 0.2) is 0 Å². The fraction of sp³-hybridized carbons (Fsp3) is 0.222. The average molecular weight is 384 g/mol. The number of hydrogen-bond acceptors (Lipinski definition) is 3. The van der Waals surface area contributed by atoms with E-state index in [0.717, 1.165) is 17.0 Å². The molecule has 0 aliphatic heterocycles. The van der Waals surface area contributed by atoms with E-state index < -0.39 is 29.7 Å². The van der Waals surface area contributed by atoms with Crippen LogP contribution in [0.2, 0.25) is 0 Å².